The van der Waals surface area contributed by atoms with Crippen LogP contribution in [-0.4, -0.2) is 28.8 Å². The van der Waals surface area contributed by atoms with Crippen LogP contribution in [0.25, 0.3) is 11.1 Å². The first-order valence-electron chi connectivity index (χ1n) is 10.9. The summed E-state index contributed by atoms with van der Waals surface area (Å²) in [7, 11) is 0. The fourth-order valence-electron chi connectivity index (χ4n) is 3.68. The van der Waals surface area contributed by atoms with E-state index in [1.165, 1.54) is 25.1 Å². The fourth-order valence-corrected chi connectivity index (χ4v) is 3.68. The van der Waals surface area contributed by atoms with Crippen LogP contribution in [0.4, 0.5) is 4.39 Å². The molecule has 1 heterocycles. The molecule has 0 amide bonds. The van der Waals surface area contributed by atoms with E-state index in [0.717, 1.165) is 28.5 Å². The quantitative estimate of drug-likeness (QED) is 0.371. The van der Waals surface area contributed by atoms with Gasteiger partial charge in [-0.2, -0.15) is 0 Å². The van der Waals surface area contributed by atoms with Crippen LogP contribution in [0.1, 0.15) is 39.9 Å². The molecular weight excluding hydrogens is 407 g/mol. The van der Waals surface area contributed by atoms with Crippen LogP contribution in [0.2, 0.25) is 0 Å². The predicted molar refractivity (Wildman–Crippen MR) is 120 cm³/mol. The van der Waals surface area contributed by atoms with Crippen molar-refractivity contribution in [1.29, 1.82) is 0 Å². The maximum atomic E-state index is 13.9. The zero-order chi connectivity index (χ0) is 22.5. The minimum atomic E-state index is -0.844. The smallest absolute Gasteiger partial charge is 0.167 e. The Morgan fingerprint density at radius 1 is 1.19 bits per heavy atom. The first-order valence-corrected chi connectivity index (χ1v) is 10.9. The van der Waals surface area contributed by atoms with Gasteiger partial charge in [0.2, 0.25) is 0 Å². The summed E-state index contributed by atoms with van der Waals surface area (Å²) in [5, 5.41) is 10.2. The van der Waals surface area contributed by atoms with E-state index >= 15 is 0 Å². The lowest BCUT2D eigenvalue weighted by Gasteiger charge is -2.14. The summed E-state index contributed by atoms with van der Waals surface area (Å²) in [6, 6.07) is 14.7. The third-order valence-corrected chi connectivity index (χ3v) is 5.73. The SMILES string of the molecule is NCc1ccc(C(=O)Cc2ccncc2F)cc1-c1cccc(CC(O)OCC2CC2)c1. The van der Waals surface area contributed by atoms with E-state index in [2.05, 4.69) is 4.98 Å². The molecule has 1 aliphatic rings. The normalized spacial score (nSPS) is 14.3. The molecule has 1 aliphatic carbocycles. The molecule has 2 aromatic carbocycles. The van der Waals surface area contributed by atoms with Crippen LogP contribution in [-0.2, 0) is 24.1 Å². The minimum absolute atomic E-state index is 0.0413. The van der Waals surface area contributed by atoms with Crippen LogP contribution < -0.4 is 5.73 Å². The number of hydrogen-bond donors (Lipinski definition) is 2. The number of ether oxygens (including phenoxy) is 1. The number of nitrogens with two attached hydrogens (primary N) is 1. The van der Waals surface area contributed by atoms with Gasteiger partial charge in [-0.25, -0.2) is 4.39 Å². The molecule has 3 aromatic rings. The number of pyridine rings is 1. The van der Waals surface area contributed by atoms with Gasteiger partial charge in [-0.3, -0.25) is 9.78 Å². The van der Waals surface area contributed by atoms with Crippen LogP contribution >= 0.6 is 0 Å². The van der Waals surface area contributed by atoms with Crippen molar-refractivity contribution in [3.63, 3.8) is 0 Å². The highest BCUT2D eigenvalue weighted by molar-refractivity contribution is 5.98. The topological polar surface area (TPSA) is 85.4 Å². The first kappa shape index (κ1) is 22.3. The molecule has 3 N–H and O–H groups in total. The number of aliphatic hydroxyl groups excluding tert-OH is 1. The molecule has 166 valence electrons. The average Bonchev–Trinajstić information content (AvgIpc) is 3.63. The molecule has 1 saturated carbocycles. The maximum absolute atomic E-state index is 13.9. The summed E-state index contributed by atoms with van der Waals surface area (Å²) in [5.41, 5.74) is 10.3. The van der Waals surface area contributed by atoms with Crippen molar-refractivity contribution in [3.8, 4) is 11.1 Å². The monoisotopic (exact) mass is 434 g/mol. The second-order valence-corrected chi connectivity index (χ2v) is 8.28. The van der Waals surface area contributed by atoms with Gasteiger partial charge >= 0.3 is 0 Å². The van der Waals surface area contributed by atoms with Gasteiger partial charge in [0, 0.05) is 31.1 Å². The summed E-state index contributed by atoms with van der Waals surface area (Å²) in [6.07, 6.45) is 4.43. The first-order chi connectivity index (χ1) is 15.5. The van der Waals surface area contributed by atoms with Gasteiger partial charge in [-0.05, 0) is 58.7 Å². The van der Waals surface area contributed by atoms with Crippen molar-refractivity contribution in [2.24, 2.45) is 11.7 Å². The Labute approximate surface area is 187 Å². The van der Waals surface area contributed by atoms with Crippen LogP contribution in [0.3, 0.4) is 0 Å². The van der Waals surface area contributed by atoms with E-state index in [4.69, 9.17) is 10.5 Å². The van der Waals surface area contributed by atoms with Gasteiger partial charge in [0.05, 0.1) is 12.8 Å². The second kappa shape index (κ2) is 10.1. The number of ketones is 1. The molecule has 6 heteroatoms. The van der Waals surface area contributed by atoms with Gasteiger partial charge in [-0.1, -0.05) is 36.4 Å². The van der Waals surface area contributed by atoms with Gasteiger partial charge < -0.3 is 15.6 Å². The Kier molecular flexibility index (Phi) is 7.05. The van der Waals surface area contributed by atoms with E-state index in [9.17, 15) is 14.3 Å². The molecule has 0 aliphatic heterocycles. The van der Waals surface area contributed by atoms with Crippen molar-refractivity contribution >= 4 is 5.78 Å². The van der Waals surface area contributed by atoms with E-state index in [1.54, 1.807) is 6.07 Å². The molecule has 1 unspecified atom stereocenters. The lowest BCUT2D eigenvalue weighted by atomic mass is 9.93. The van der Waals surface area contributed by atoms with E-state index in [0.29, 0.717) is 36.6 Å². The molecule has 0 bridgehead atoms. The van der Waals surface area contributed by atoms with Gasteiger partial charge in [0.25, 0.3) is 0 Å². The summed E-state index contributed by atoms with van der Waals surface area (Å²) in [5.74, 6) is -0.0845. The number of Topliss-reactive ketones (excluding diaryl/α,β-unsaturated/α-hetero) is 1. The number of carbonyl (C=O) groups is 1. The van der Waals surface area contributed by atoms with Gasteiger partial charge in [0.1, 0.15) is 5.82 Å². The zero-order valence-corrected chi connectivity index (χ0v) is 17.8. The number of aliphatic hydroxyl groups is 1. The summed E-state index contributed by atoms with van der Waals surface area (Å²) in [4.78, 5) is 16.6. The second-order valence-electron chi connectivity index (χ2n) is 8.28. The van der Waals surface area contributed by atoms with Crippen molar-refractivity contribution in [2.75, 3.05) is 6.61 Å². The standard InChI is InChI=1S/C26H27FN2O3/c27-24-15-29-9-8-20(24)13-25(30)21-6-7-22(14-28)23(12-21)19-3-1-2-18(10-19)11-26(31)32-16-17-4-5-17/h1-3,6-10,12,15,17,26,31H,4-5,11,13-14,16,28H2. The summed E-state index contributed by atoms with van der Waals surface area (Å²) in [6.45, 7) is 0.917. The highest BCUT2D eigenvalue weighted by Gasteiger charge is 2.22. The molecule has 0 saturated heterocycles. The Morgan fingerprint density at radius 2 is 2.03 bits per heavy atom. The molecule has 1 fully saturated rings. The molecule has 0 radical (unpaired) electrons. The van der Waals surface area contributed by atoms with Crippen molar-refractivity contribution < 1.29 is 19.0 Å². The minimum Gasteiger partial charge on any atom is -0.368 e. The maximum Gasteiger partial charge on any atom is 0.167 e. The zero-order valence-electron chi connectivity index (χ0n) is 17.8. The number of aromatic nitrogens is 1. The summed E-state index contributed by atoms with van der Waals surface area (Å²) < 4.78 is 19.5. The Bertz CT molecular complexity index is 1100. The van der Waals surface area contributed by atoms with Crippen molar-refractivity contribution in [3.05, 3.63) is 89.0 Å². The molecule has 0 spiro atoms. The lowest BCUT2D eigenvalue weighted by molar-refractivity contribution is -0.101. The largest absolute Gasteiger partial charge is 0.368 e. The van der Waals surface area contributed by atoms with Crippen LogP contribution in [0, 0.1) is 11.7 Å². The highest BCUT2D eigenvalue weighted by atomic mass is 19.1. The Morgan fingerprint density at radius 3 is 2.78 bits per heavy atom. The summed E-state index contributed by atoms with van der Waals surface area (Å²) >= 11 is 0. The number of nitrogens with zero attached hydrogens (tertiary/aromatic N) is 1. The van der Waals surface area contributed by atoms with Gasteiger partial charge in [0.15, 0.2) is 12.1 Å². The van der Waals surface area contributed by atoms with E-state index in [-0.39, 0.29) is 12.2 Å². The Hall–Kier alpha value is -2.93. The third-order valence-electron chi connectivity index (χ3n) is 5.73. The third kappa shape index (κ3) is 5.65. The molecule has 1 aromatic heterocycles. The van der Waals surface area contributed by atoms with Gasteiger partial charge in [-0.15, -0.1) is 0 Å². The molecule has 5 nitrogen and oxygen atoms in total. The lowest BCUT2D eigenvalue weighted by Crippen LogP contribution is -2.16. The van der Waals surface area contributed by atoms with E-state index < -0.39 is 12.1 Å². The predicted octanol–water partition coefficient (Wildman–Crippen LogP) is 4.06. The number of rotatable bonds is 10. The number of carbonyl (C=O) groups excluding carboxylic acids is 1. The van der Waals surface area contributed by atoms with Crippen LogP contribution in [0.5, 0.6) is 0 Å². The van der Waals surface area contributed by atoms with Crippen molar-refractivity contribution in [2.45, 2.75) is 38.5 Å². The number of benzene rings is 2. The van der Waals surface area contributed by atoms with Crippen molar-refractivity contribution in [1.82, 2.24) is 4.98 Å². The molecular formula is C26H27FN2O3. The average molecular weight is 435 g/mol. The molecule has 32 heavy (non-hydrogen) atoms. The van der Waals surface area contributed by atoms with Crippen LogP contribution in [0.15, 0.2) is 60.9 Å². The number of hydrogen-bond acceptors (Lipinski definition) is 5. The highest BCUT2D eigenvalue weighted by Crippen LogP contribution is 2.30. The number of halogens is 1. The Balaban J connectivity index is 1.54. The molecule has 1 atom stereocenters. The fraction of sp³-hybridized carbons (Fsp3) is 0.308. The molecule has 4 rings (SSSR count). The van der Waals surface area contributed by atoms with E-state index in [1.807, 2.05) is 36.4 Å².